The highest BCUT2D eigenvalue weighted by Gasteiger charge is 2.09. The van der Waals surface area contributed by atoms with Crippen molar-refractivity contribution in [2.45, 2.75) is 0 Å². The molecule has 0 atom stereocenters. The first-order chi connectivity index (χ1) is 8.97. The molecule has 0 aromatic heterocycles. The summed E-state index contributed by atoms with van der Waals surface area (Å²) in [6.45, 7) is 0. The predicted octanol–water partition coefficient (Wildman–Crippen LogP) is 4.73. The largest absolute Gasteiger partial charge is 0.478 e. The molecule has 2 aromatic carbocycles. The lowest BCUT2D eigenvalue weighted by Gasteiger charge is -2.08. The van der Waals surface area contributed by atoms with Gasteiger partial charge in [-0.3, -0.25) is 0 Å². The maximum Gasteiger partial charge on any atom is 0.335 e. The van der Waals surface area contributed by atoms with E-state index < -0.39 is 11.8 Å². The Morgan fingerprint density at radius 2 is 2.00 bits per heavy atom. The second-order valence-electron chi connectivity index (χ2n) is 3.63. The van der Waals surface area contributed by atoms with Crippen molar-refractivity contribution in [1.29, 1.82) is 0 Å². The molecule has 0 amide bonds. The number of ether oxygens (including phenoxy) is 1. The van der Waals surface area contributed by atoms with E-state index in [2.05, 4.69) is 15.9 Å². The highest BCUT2D eigenvalue weighted by atomic mass is 79.9. The first kappa shape index (κ1) is 13.8. The van der Waals surface area contributed by atoms with E-state index in [1.54, 1.807) is 0 Å². The third-order valence-corrected chi connectivity index (χ3v) is 3.22. The molecule has 1 N–H and O–H groups in total. The third kappa shape index (κ3) is 3.24. The van der Waals surface area contributed by atoms with Gasteiger partial charge in [0.2, 0.25) is 0 Å². The van der Waals surface area contributed by atoms with Crippen molar-refractivity contribution in [3.05, 3.63) is 57.3 Å². The van der Waals surface area contributed by atoms with Crippen LogP contribution in [0.25, 0.3) is 0 Å². The number of hydrogen-bond donors (Lipinski definition) is 1. The Morgan fingerprint density at radius 3 is 2.58 bits per heavy atom. The molecule has 0 radical (unpaired) electrons. The predicted molar refractivity (Wildman–Crippen MR) is 72.6 cm³/mol. The van der Waals surface area contributed by atoms with E-state index >= 15 is 0 Å². The van der Waals surface area contributed by atoms with Gasteiger partial charge in [-0.15, -0.1) is 0 Å². The molecule has 0 unspecified atom stereocenters. The zero-order valence-electron chi connectivity index (χ0n) is 9.36. The van der Waals surface area contributed by atoms with Crippen LogP contribution in [-0.4, -0.2) is 11.1 Å². The smallest absolute Gasteiger partial charge is 0.335 e. The van der Waals surface area contributed by atoms with E-state index in [1.165, 1.54) is 30.3 Å². The van der Waals surface area contributed by atoms with Crippen LogP contribution in [0.5, 0.6) is 11.5 Å². The standard InChI is InChI=1S/C13H7BrClFO3/c14-9-5-7(13(17)18)1-4-12(9)19-8-2-3-10(15)11(16)6-8/h1-6H,(H,17,18). The van der Waals surface area contributed by atoms with E-state index in [4.69, 9.17) is 21.4 Å². The zero-order valence-corrected chi connectivity index (χ0v) is 11.7. The fraction of sp³-hybridized carbons (Fsp3) is 0. The molecule has 3 nitrogen and oxygen atoms in total. The molecule has 6 heteroatoms. The van der Waals surface area contributed by atoms with Crippen molar-refractivity contribution in [2.24, 2.45) is 0 Å². The number of hydrogen-bond acceptors (Lipinski definition) is 2. The Balaban J connectivity index is 2.28. The van der Waals surface area contributed by atoms with Crippen molar-refractivity contribution in [1.82, 2.24) is 0 Å². The fourth-order valence-electron chi connectivity index (χ4n) is 1.38. The van der Waals surface area contributed by atoms with E-state index in [0.717, 1.165) is 6.07 Å². The van der Waals surface area contributed by atoms with Gasteiger partial charge in [-0.25, -0.2) is 9.18 Å². The third-order valence-electron chi connectivity index (χ3n) is 2.30. The number of aromatic carboxylic acids is 1. The molecule has 0 aliphatic heterocycles. The molecule has 0 heterocycles. The quantitative estimate of drug-likeness (QED) is 0.874. The van der Waals surface area contributed by atoms with Crippen molar-refractivity contribution in [2.75, 3.05) is 0 Å². The van der Waals surface area contributed by atoms with E-state index in [0.29, 0.717) is 10.2 Å². The number of benzene rings is 2. The highest BCUT2D eigenvalue weighted by molar-refractivity contribution is 9.10. The van der Waals surface area contributed by atoms with Crippen molar-refractivity contribution < 1.29 is 19.0 Å². The molecular formula is C13H7BrClFO3. The van der Waals surface area contributed by atoms with E-state index in [1.807, 2.05) is 0 Å². The van der Waals surface area contributed by atoms with Gasteiger partial charge < -0.3 is 9.84 Å². The fourth-order valence-corrected chi connectivity index (χ4v) is 1.96. The molecule has 0 saturated heterocycles. The summed E-state index contributed by atoms with van der Waals surface area (Å²) in [6, 6.07) is 8.34. The van der Waals surface area contributed by atoms with Gasteiger partial charge in [-0.1, -0.05) is 11.6 Å². The highest BCUT2D eigenvalue weighted by Crippen LogP contribution is 2.31. The summed E-state index contributed by atoms with van der Waals surface area (Å²) >= 11 is 8.76. The molecule has 0 aliphatic carbocycles. The lowest BCUT2D eigenvalue weighted by Crippen LogP contribution is -1.96. The van der Waals surface area contributed by atoms with Gasteiger partial charge in [0, 0.05) is 6.07 Å². The van der Waals surface area contributed by atoms with Crippen LogP contribution in [0, 0.1) is 5.82 Å². The molecule has 0 spiro atoms. The van der Waals surface area contributed by atoms with Gasteiger partial charge in [0.05, 0.1) is 15.1 Å². The zero-order chi connectivity index (χ0) is 14.0. The SMILES string of the molecule is O=C(O)c1ccc(Oc2ccc(Cl)c(F)c2)c(Br)c1. The van der Waals surface area contributed by atoms with Crippen molar-refractivity contribution in [3.8, 4) is 11.5 Å². The van der Waals surface area contributed by atoms with E-state index in [-0.39, 0.29) is 16.3 Å². The molecule has 2 rings (SSSR count). The first-order valence-corrected chi connectivity index (χ1v) is 6.30. The number of carboxylic acids is 1. The molecule has 98 valence electrons. The first-order valence-electron chi connectivity index (χ1n) is 5.13. The van der Waals surface area contributed by atoms with Crippen molar-refractivity contribution in [3.63, 3.8) is 0 Å². The molecular weight excluding hydrogens is 338 g/mol. The Morgan fingerprint density at radius 1 is 1.26 bits per heavy atom. The summed E-state index contributed by atoms with van der Waals surface area (Å²) in [5, 5.41) is 8.84. The van der Waals surface area contributed by atoms with Gasteiger partial charge in [0.25, 0.3) is 0 Å². The van der Waals surface area contributed by atoms with Crippen LogP contribution >= 0.6 is 27.5 Å². The molecule has 0 bridgehead atoms. The monoisotopic (exact) mass is 344 g/mol. The summed E-state index contributed by atoms with van der Waals surface area (Å²) in [5.74, 6) is -0.973. The van der Waals surface area contributed by atoms with Crippen LogP contribution < -0.4 is 4.74 Å². The Labute approximate surface area is 121 Å². The number of halogens is 3. The molecule has 2 aromatic rings. The second kappa shape index (κ2) is 5.59. The summed E-state index contributed by atoms with van der Waals surface area (Å²) < 4.78 is 19.2. The Hall–Kier alpha value is -1.59. The number of rotatable bonds is 3. The van der Waals surface area contributed by atoms with E-state index in [9.17, 15) is 9.18 Å². The number of carboxylic acid groups (broad SMARTS) is 1. The van der Waals surface area contributed by atoms with Crippen LogP contribution in [0.2, 0.25) is 5.02 Å². The lowest BCUT2D eigenvalue weighted by molar-refractivity contribution is 0.0697. The summed E-state index contributed by atoms with van der Waals surface area (Å²) in [6.07, 6.45) is 0. The molecule has 19 heavy (non-hydrogen) atoms. The molecule has 0 aliphatic rings. The summed E-state index contributed by atoms with van der Waals surface area (Å²) in [5.41, 5.74) is 0.126. The van der Waals surface area contributed by atoms with Gasteiger partial charge in [0.15, 0.2) is 0 Å². The van der Waals surface area contributed by atoms with Gasteiger partial charge in [-0.05, 0) is 46.3 Å². The van der Waals surface area contributed by atoms with Crippen LogP contribution in [-0.2, 0) is 0 Å². The second-order valence-corrected chi connectivity index (χ2v) is 4.89. The maximum absolute atomic E-state index is 13.3. The maximum atomic E-state index is 13.3. The van der Waals surface area contributed by atoms with Crippen molar-refractivity contribution >= 4 is 33.5 Å². The minimum atomic E-state index is -1.04. The topological polar surface area (TPSA) is 46.5 Å². The normalized spacial score (nSPS) is 10.3. The summed E-state index contributed by atoms with van der Waals surface area (Å²) in [4.78, 5) is 10.8. The van der Waals surface area contributed by atoms with Crippen LogP contribution in [0.15, 0.2) is 40.9 Å². The Bertz CT molecular complexity index is 646. The van der Waals surface area contributed by atoms with Crippen LogP contribution in [0.3, 0.4) is 0 Å². The van der Waals surface area contributed by atoms with Crippen LogP contribution in [0.4, 0.5) is 4.39 Å². The average molecular weight is 346 g/mol. The lowest BCUT2D eigenvalue weighted by atomic mass is 10.2. The minimum Gasteiger partial charge on any atom is -0.478 e. The average Bonchev–Trinajstić information content (AvgIpc) is 2.36. The van der Waals surface area contributed by atoms with Gasteiger partial charge >= 0.3 is 5.97 Å². The minimum absolute atomic E-state index is 0.00707. The Kier molecular flexibility index (Phi) is 4.07. The van der Waals surface area contributed by atoms with Crippen LogP contribution in [0.1, 0.15) is 10.4 Å². The molecule has 0 saturated carbocycles. The van der Waals surface area contributed by atoms with Gasteiger partial charge in [0.1, 0.15) is 17.3 Å². The number of carbonyl (C=O) groups is 1. The molecule has 0 fully saturated rings. The van der Waals surface area contributed by atoms with Gasteiger partial charge in [-0.2, -0.15) is 0 Å². The summed E-state index contributed by atoms with van der Waals surface area (Å²) in [7, 11) is 0.